The van der Waals surface area contributed by atoms with Crippen LogP contribution in [0.2, 0.25) is 0 Å². The maximum Gasteiger partial charge on any atom is 0.417 e. The lowest BCUT2D eigenvalue weighted by atomic mass is 10.0. The van der Waals surface area contributed by atoms with Crippen molar-refractivity contribution in [2.75, 3.05) is 37.7 Å². The molecule has 1 fully saturated rings. The molecule has 0 aliphatic carbocycles. The number of aromatic hydroxyl groups is 1. The molecule has 1 saturated heterocycles. The van der Waals surface area contributed by atoms with Crippen molar-refractivity contribution < 1.29 is 23.0 Å². The molecular formula is C22H26F3N3O2. The number of nitrogens with zero attached hydrogens (tertiary/aromatic N) is 3. The van der Waals surface area contributed by atoms with Gasteiger partial charge in [-0.15, -0.1) is 6.58 Å². The van der Waals surface area contributed by atoms with Crippen LogP contribution in [0.3, 0.4) is 0 Å². The second kappa shape index (κ2) is 9.38. The lowest BCUT2D eigenvalue weighted by Gasteiger charge is -2.35. The molecule has 0 bridgehead atoms. The number of phenols is 1. The van der Waals surface area contributed by atoms with E-state index in [2.05, 4.69) is 16.5 Å². The van der Waals surface area contributed by atoms with Crippen molar-refractivity contribution in [1.82, 2.24) is 9.88 Å². The van der Waals surface area contributed by atoms with Crippen LogP contribution in [-0.2, 0) is 19.1 Å². The normalized spacial score (nSPS) is 15.3. The molecule has 1 aromatic heterocycles. The number of anilines is 1. The lowest BCUT2D eigenvalue weighted by molar-refractivity contribution is -0.137. The summed E-state index contributed by atoms with van der Waals surface area (Å²) in [4.78, 5) is 8.14. The maximum atomic E-state index is 12.7. The van der Waals surface area contributed by atoms with Crippen LogP contribution in [0.15, 0.2) is 43.1 Å². The Labute approximate surface area is 174 Å². The second-order valence-electron chi connectivity index (χ2n) is 7.18. The first-order valence-electron chi connectivity index (χ1n) is 9.90. The van der Waals surface area contributed by atoms with Gasteiger partial charge in [-0.25, -0.2) is 4.98 Å². The molecule has 2 heterocycles. The Kier molecular flexibility index (Phi) is 6.87. The molecule has 0 radical (unpaired) electrons. The van der Waals surface area contributed by atoms with Crippen molar-refractivity contribution >= 4 is 5.82 Å². The van der Waals surface area contributed by atoms with Gasteiger partial charge >= 0.3 is 6.18 Å². The number of ether oxygens (including phenoxy) is 1. The molecule has 5 nitrogen and oxygen atoms in total. The fourth-order valence-corrected chi connectivity index (χ4v) is 3.53. The minimum atomic E-state index is -4.38. The van der Waals surface area contributed by atoms with E-state index in [1.807, 2.05) is 24.0 Å². The zero-order valence-electron chi connectivity index (χ0n) is 17.0. The lowest BCUT2D eigenvalue weighted by Crippen LogP contribution is -2.46. The van der Waals surface area contributed by atoms with E-state index < -0.39 is 11.7 Å². The van der Waals surface area contributed by atoms with E-state index in [0.717, 1.165) is 29.1 Å². The zero-order valence-corrected chi connectivity index (χ0v) is 17.0. The molecule has 0 amide bonds. The average Bonchev–Trinajstić information content (AvgIpc) is 2.72. The maximum absolute atomic E-state index is 12.7. The standard InChI is InChI=1S/C22H26F3N3O2/c1-3-5-16-12-19(30-4-2)13-17(21(16)29)15-27-8-10-28(11-9-27)20-7-6-18(14-26-20)22(23,24)25/h3,6-7,12-14,29H,1,4-5,8-11,15H2,2H3. The molecular weight excluding hydrogens is 395 g/mol. The van der Waals surface area contributed by atoms with Gasteiger partial charge < -0.3 is 14.7 Å². The number of halogens is 3. The summed E-state index contributed by atoms with van der Waals surface area (Å²) in [6, 6.07) is 6.16. The number of hydrogen-bond acceptors (Lipinski definition) is 5. The third kappa shape index (κ3) is 5.24. The number of phenolic OH excluding ortho intramolecular Hbond substituents is 1. The summed E-state index contributed by atoms with van der Waals surface area (Å²) < 4.78 is 43.8. The highest BCUT2D eigenvalue weighted by Crippen LogP contribution is 2.31. The third-order valence-corrected chi connectivity index (χ3v) is 5.08. The highest BCUT2D eigenvalue weighted by atomic mass is 19.4. The Hall–Kier alpha value is -2.74. The molecule has 0 unspecified atom stereocenters. The minimum Gasteiger partial charge on any atom is -0.507 e. The first kappa shape index (κ1) is 22.0. The van der Waals surface area contributed by atoms with Crippen LogP contribution in [0.4, 0.5) is 19.0 Å². The van der Waals surface area contributed by atoms with E-state index in [-0.39, 0.29) is 5.75 Å². The van der Waals surface area contributed by atoms with Gasteiger partial charge in [0.05, 0.1) is 12.2 Å². The Balaban J connectivity index is 1.65. The number of alkyl halides is 3. The molecule has 1 aliphatic rings. The minimum absolute atomic E-state index is 0.255. The fourth-order valence-electron chi connectivity index (χ4n) is 3.53. The number of hydrogen-bond donors (Lipinski definition) is 1. The van der Waals surface area contributed by atoms with Crippen LogP contribution >= 0.6 is 0 Å². The van der Waals surface area contributed by atoms with Gasteiger partial charge in [0, 0.05) is 50.0 Å². The van der Waals surface area contributed by atoms with Gasteiger partial charge in [-0.3, -0.25) is 4.90 Å². The Morgan fingerprint density at radius 2 is 1.87 bits per heavy atom. The van der Waals surface area contributed by atoms with E-state index >= 15 is 0 Å². The van der Waals surface area contributed by atoms with Crippen molar-refractivity contribution in [2.24, 2.45) is 0 Å². The van der Waals surface area contributed by atoms with Gasteiger partial charge in [0.2, 0.25) is 0 Å². The molecule has 8 heteroatoms. The first-order valence-corrected chi connectivity index (χ1v) is 9.90. The predicted molar refractivity (Wildman–Crippen MR) is 110 cm³/mol. The SMILES string of the molecule is C=CCc1cc(OCC)cc(CN2CCN(c3ccc(C(F)(F)F)cn3)CC2)c1O. The molecule has 0 atom stereocenters. The second-order valence-corrected chi connectivity index (χ2v) is 7.18. The number of benzene rings is 1. The van der Waals surface area contributed by atoms with Crippen molar-refractivity contribution in [3.63, 3.8) is 0 Å². The topological polar surface area (TPSA) is 48.8 Å². The van der Waals surface area contributed by atoms with E-state index in [4.69, 9.17) is 4.74 Å². The van der Waals surface area contributed by atoms with Crippen molar-refractivity contribution in [1.29, 1.82) is 0 Å². The number of aromatic nitrogens is 1. The van der Waals surface area contributed by atoms with Crippen molar-refractivity contribution in [2.45, 2.75) is 26.1 Å². The van der Waals surface area contributed by atoms with Crippen LogP contribution in [0.5, 0.6) is 11.5 Å². The molecule has 3 rings (SSSR count). The summed E-state index contributed by atoms with van der Waals surface area (Å²) in [6.07, 6.45) is -1.22. The molecule has 0 spiro atoms. The van der Waals surface area contributed by atoms with Crippen LogP contribution in [0.25, 0.3) is 0 Å². The number of rotatable bonds is 7. The molecule has 1 N–H and O–H groups in total. The van der Waals surface area contributed by atoms with E-state index in [9.17, 15) is 18.3 Å². The van der Waals surface area contributed by atoms with Gasteiger partial charge in [0.1, 0.15) is 17.3 Å². The molecule has 2 aromatic rings. The zero-order chi connectivity index (χ0) is 21.7. The van der Waals surface area contributed by atoms with Crippen LogP contribution in [-0.4, -0.2) is 47.8 Å². The Morgan fingerprint density at radius 3 is 2.43 bits per heavy atom. The van der Waals surface area contributed by atoms with Crippen LogP contribution in [0.1, 0.15) is 23.6 Å². The largest absolute Gasteiger partial charge is 0.507 e. The highest BCUT2D eigenvalue weighted by molar-refractivity contribution is 5.47. The molecule has 1 aliphatic heterocycles. The number of allylic oxidation sites excluding steroid dienone is 1. The molecule has 0 saturated carbocycles. The van der Waals surface area contributed by atoms with Gasteiger partial charge in [-0.1, -0.05) is 6.08 Å². The fraction of sp³-hybridized carbons (Fsp3) is 0.409. The molecule has 30 heavy (non-hydrogen) atoms. The van der Waals surface area contributed by atoms with E-state index in [1.165, 1.54) is 6.07 Å². The Morgan fingerprint density at radius 1 is 1.17 bits per heavy atom. The first-order chi connectivity index (χ1) is 14.3. The summed E-state index contributed by atoms with van der Waals surface area (Å²) in [7, 11) is 0. The smallest absolute Gasteiger partial charge is 0.417 e. The number of pyridine rings is 1. The summed E-state index contributed by atoms with van der Waals surface area (Å²) in [5.41, 5.74) is 0.822. The summed E-state index contributed by atoms with van der Waals surface area (Å²) in [5, 5.41) is 10.6. The molecule has 1 aromatic carbocycles. The third-order valence-electron chi connectivity index (χ3n) is 5.08. The van der Waals surface area contributed by atoms with Crippen LogP contribution in [0, 0.1) is 0 Å². The highest BCUT2D eigenvalue weighted by Gasteiger charge is 2.31. The summed E-state index contributed by atoms with van der Waals surface area (Å²) in [5.74, 6) is 1.51. The Bertz CT molecular complexity index is 861. The summed E-state index contributed by atoms with van der Waals surface area (Å²) in [6.45, 7) is 9.45. The number of piperazine rings is 1. The van der Waals surface area contributed by atoms with Crippen molar-refractivity contribution in [3.05, 3.63) is 59.8 Å². The van der Waals surface area contributed by atoms with Crippen molar-refractivity contribution in [3.8, 4) is 11.5 Å². The van der Waals surface area contributed by atoms with E-state index in [0.29, 0.717) is 51.6 Å². The molecule has 162 valence electrons. The van der Waals surface area contributed by atoms with Crippen LogP contribution < -0.4 is 9.64 Å². The quantitative estimate of drug-likeness (QED) is 0.678. The summed E-state index contributed by atoms with van der Waals surface area (Å²) >= 11 is 0. The van der Waals surface area contributed by atoms with Gasteiger partial charge in [-0.05, 0) is 37.6 Å². The van der Waals surface area contributed by atoms with E-state index in [1.54, 1.807) is 6.08 Å². The average molecular weight is 421 g/mol. The monoisotopic (exact) mass is 421 g/mol. The van der Waals surface area contributed by atoms with Gasteiger partial charge in [0.15, 0.2) is 0 Å². The van der Waals surface area contributed by atoms with Gasteiger partial charge in [-0.2, -0.15) is 13.2 Å². The van der Waals surface area contributed by atoms with Gasteiger partial charge in [0.25, 0.3) is 0 Å². The predicted octanol–water partition coefficient (Wildman–Crippen LogP) is 4.26.